The van der Waals surface area contributed by atoms with Crippen LogP contribution in [0.1, 0.15) is 19.3 Å². The van der Waals surface area contributed by atoms with Gasteiger partial charge in [0.25, 0.3) is 0 Å². The molecule has 0 saturated carbocycles. The van der Waals surface area contributed by atoms with Crippen molar-refractivity contribution in [2.24, 2.45) is 5.41 Å². The molecule has 29 heavy (non-hydrogen) atoms. The topological polar surface area (TPSA) is 83.1 Å². The van der Waals surface area contributed by atoms with Gasteiger partial charge in [-0.2, -0.15) is 0 Å². The fourth-order valence-electron chi connectivity index (χ4n) is 3.97. The van der Waals surface area contributed by atoms with Crippen molar-refractivity contribution >= 4 is 35.0 Å². The summed E-state index contributed by atoms with van der Waals surface area (Å²) in [5.74, 6) is 0.310. The molecule has 2 fully saturated rings. The van der Waals surface area contributed by atoms with Gasteiger partial charge in [0.15, 0.2) is 5.11 Å². The molecule has 3 rings (SSSR count). The largest absolute Gasteiger partial charge is 0.495 e. The Morgan fingerprint density at radius 2 is 1.76 bits per heavy atom. The summed E-state index contributed by atoms with van der Waals surface area (Å²) < 4.78 is 9.93. The number of nitrogens with one attached hydrogen (secondary N) is 2. The number of thiocarbonyl (C=S) groups is 1. The van der Waals surface area contributed by atoms with Crippen molar-refractivity contribution in [1.29, 1.82) is 0 Å². The predicted octanol–water partition coefficient (Wildman–Crippen LogP) is 2.06. The molecule has 9 heteroatoms. The maximum atomic E-state index is 12.7. The van der Waals surface area contributed by atoms with Crippen LogP contribution >= 0.6 is 12.2 Å². The SMILES string of the molecule is COC(=O)CNC(=S)N1CCC2(CCN(C(=O)Nc3ccccc3OC)CC2)C1. The van der Waals surface area contributed by atoms with E-state index in [2.05, 4.69) is 20.3 Å². The average molecular weight is 421 g/mol. The summed E-state index contributed by atoms with van der Waals surface area (Å²) in [5, 5.41) is 6.49. The monoisotopic (exact) mass is 420 g/mol. The predicted molar refractivity (Wildman–Crippen MR) is 114 cm³/mol. The summed E-state index contributed by atoms with van der Waals surface area (Å²) in [6, 6.07) is 7.29. The number of benzene rings is 1. The summed E-state index contributed by atoms with van der Waals surface area (Å²) in [7, 11) is 2.95. The number of carbonyl (C=O) groups excluding carboxylic acids is 2. The number of hydrogen-bond acceptors (Lipinski definition) is 5. The van der Waals surface area contributed by atoms with Gasteiger partial charge in [-0.1, -0.05) is 12.1 Å². The molecule has 8 nitrogen and oxygen atoms in total. The first kappa shape index (κ1) is 21.2. The lowest BCUT2D eigenvalue weighted by Gasteiger charge is -2.39. The highest BCUT2D eigenvalue weighted by Gasteiger charge is 2.42. The van der Waals surface area contributed by atoms with E-state index in [9.17, 15) is 9.59 Å². The third-order valence-electron chi connectivity index (χ3n) is 5.80. The second-order valence-electron chi connectivity index (χ2n) is 7.52. The van der Waals surface area contributed by atoms with Crippen LogP contribution in [0, 0.1) is 5.41 Å². The van der Waals surface area contributed by atoms with Crippen molar-refractivity contribution in [2.45, 2.75) is 19.3 Å². The normalized spacial score (nSPS) is 17.7. The van der Waals surface area contributed by atoms with E-state index in [-0.39, 0.29) is 24.0 Å². The summed E-state index contributed by atoms with van der Waals surface area (Å²) in [4.78, 5) is 27.9. The van der Waals surface area contributed by atoms with Crippen LogP contribution in [0.2, 0.25) is 0 Å². The van der Waals surface area contributed by atoms with E-state index in [1.54, 1.807) is 7.11 Å². The Bertz CT molecular complexity index is 765. The molecule has 0 unspecified atom stereocenters. The average Bonchev–Trinajstić information content (AvgIpc) is 3.16. The first-order chi connectivity index (χ1) is 14.0. The van der Waals surface area contributed by atoms with Crippen LogP contribution in [0.15, 0.2) is 24.3 Å². The first-order valence-electron chi connectivity index (χ1n) is 9.75. The summed E-state index contributed by atoms with van der Waals surface area (Å²) >= 11 is 5.41. The van der Waals surface area contributed by atoms with Crippen LogP contribution in [0.25, 0.3) is 0 Å². The van der Waals surface area contributed by atoms with Crippen LogP contribution in [0.4, 0.5) is 10.5 Å². The minimum Gasteiger partial charge on any atom is -0.495 e. The molecule has 0 atom stereocenters. The number of para-hydroxylation sites is 2. The van der Waals surface area contributed by atoms with Crippen LogP contribution in [0.5, 0.6) is 5.75 Å². The van der Waals surface area contributed by atoms with E-state index in [0.29, 0.717) is 29.6 Å². The zero-order chi connectivity index (χ0) is 20.9. The quantitative estimate of drug-likeness (QED) is 0.570. The van der Waals surface area contributed by atoms with Crippen molar-refractivity contribution in [3.63, 3.8) is 0 Å². The van der Waals surface area contributed by atoms with E-state index >= 15 is 0 Å². The highest BCUT2D eigenvalue weighted by Crippen LogP contribution is 2.40. The van der Waals surface area contributed by atoms with Crippen LogP contribution in [-0.4, -0.2) is 73.9 Å². The number of rotatable bonds is 4. The third-order valence-corrected chi connectivity index (χ3v) is 6.20. The first-order valence-corrected chi connectivity index (χ1v) is 10.2. The Hall–Kier alpha value is -2.55. The van der Waals surface area contributed by atoms with Gasteiger partial charge in [-0.3, -0.25) is 4.79 Å². The van der Waals surface area contributed by atoms with Crippen molar-refractivity contribution in [3.05, 3.63) is 24.3 Å². The Labute approximate surface area is 176 Å². The molecule has 1 spiro atoms. The maximum absolute atomic E-state index is 12.7. The zero-order valence-electron chi connectivity index (χ0n) is 16.9. The van der Waals surface area contributed by atoms with Gasteiger partial charge in [0.2, 0.25) is 0 Å². The van der Waals surface area contributed by atoms with Gasteiger partial charge in [0, 0.05) is 26.2 Å². The smallest absolute Gasteiger partial charge is 0.325 e. The van der Waals surface area contributed by atoms with E-state index in [4.69, 9.17) is 17.0 Å². The molecular weight excluding hydrogens is 392 g/mol. The summed E-state index contributed by atoms with van der Waals surface area (Å²) in [6.07, 6.45) is 2.90. The number of hydrogen-bond donors (Lipinski definition) is 2. The number of likely N-dealkylation sites (tertiary alicyclic amines) is 2. The molecular formula is C20H28N4O4S. The van der Waals surface area contributed by atoms with Crippen LogP contribution < -0.4 is 15.4 Å². The van der Waals surface area contributed by atoms with Gasteiger partial charge in [-0.05, 0) is 49.0 Å². The summed E-state index contributed by atoms with van der Waals surface area (Å²) in [5.41, 5.74) is 0.840. The molecule has 2 aliphatic heterocycles. The van der Waals surface area contributed by atoms with Gasteiger partial charge in [-0.25, -0.2) is 4.79 Å². The van der Waals surface area contributed by atoms with E-state index in [1.165, 1.54) is 7.11 Å². The fraction of sp³-hybridized carbons (Fsp3) is 0.550. The Morgan fingerprint density at radius 1 is 1.10 bits per heavy atom. The molecule has 0 bridgehead atoms. The van der Waals surface area contributed by atoms with Crippen molar-refractivity contribution in [2.75, 3.05) is 52.3 Å². The van der Waals surface area contributed by atoms with Crippen molar-refractivity contribution < 1.29 is 19.1 Å². The standard InChI is InChI=1S/C20H28N4O4S/c1-27-16-6-4-3-5-15(16)22-18(26)23-10-7-20(8-11-23)9-12-24(14-20)19(29)21-13-17(25)28-2/h3-6H,7-14H2,1-2H3,(H,21,29)(H,22,26). The number of ether oxygens (including phenoxy) is 2. The molecule has 0 aliphatic carbocycles. The Kier molecular flexibility index (Phi) is 6.79. The van der Waals surface area contributed by atoms with Crippen molar-refractivity contribution in [1.82, 2.24) is 15.1 Å². The zero-order valence-corrected chi connectivity index (χ0v) is 17.7. The molecule has 2 amide bonds. The number of carbonyl (C=O) groups is 2. The highest BCUT2D eigenvalue weighted by molar-refractivity contribution is 7.80. The Morgan fingerprint density at radius 3 is 2.41 bits per heavy atom. The molecule has 1 aromatic carbocycles. The minimum atomic E-state index is -0.337. The van der Waals surface area contributed by atoms with Gasteiger partial charge in [0.05, 0.1) is 19.9 Å². The molecule has 2 saturated heterocycles. The molecule has 0 radical (unpaired) electrons. The summed E-state index contributed by atoms with van der Waals surface area (Å²) in [6.45, 7) is 3.20. The molecule has 158 valence electrons. The Balaban J connectivity index is 1.49. The highest BCUT2D eigenvalue weighted by atomic mass is 32.1. The van der Waals surface area contributed by atoms with E-state index in [0.717, 1.165) is 32.4 Å². The molecule has 1 aromatic rings. The number of anilines is 1. The number of esters is 1. The van der Waals surface area contributed by atoms with Gasteiger partial charge in [-0.15, -0.1) is 0 Å². The third kappa shape index (κ3) is 5.09. The number of amides is 2. The van der Waals surface area contributed by atoms with Crippen molar-refractivity contribution in [3.8, 4) is 5.75 Å². The van der Waals surface area contributed by atoms with Crippen LogP contribution in [0.3, 0.4) is 0 Å². The molecule has 2 N–H and O–H groups in total. The lowest BCUT2D eigenvalue weighted by Crippen LogP contribution is -2.47. The molecule has 2 aliphatic rings. The molecule has 2 heterocycles. The van der Waals surface area contributed by atoms with Crippen LogP contribution in [-0.2, 0) is 9.53 Å². The number of urea groups is 1. The van der Waals surface area contributed by atoms with E-state index in [1.807, 2.05) is 29.2 Å². The fourth-order valence-corrected chi connectivity index (χ4v) is 4.20. The lowest BCUT2D eigenvalue weighted by atomic mass is 9.78. The molecule has 0 aromatic heterocycles. The van der Waals surface area contributed by atoms with Gasteiger partial charge in [0.1, 0.15) is 12.3 Å². The van der Waals surface area contributed by atoms with E-state index < -0.39 is 0 Å². The van der Waals surface area contributed by atoms with Gasteiger partial charge >= 0.3 is 12.0 Å². The lowest BCUT2D eigenvalue weighted by molar-refractivity contribution is -0.139. The second kappa shape index (κ2) is 9.30. The number of methoxy groups -OCH3 is 2. The number of piperidine rings is 1. The van der Waals surface area contributed by atoms with Gasteiger partial charge < -0.3 is 29.9 Å². The maximum Gasteiger partial charge on any atom is 0.325 e. The minimum absolute atomic E-state index is 0.0791. The second-order valence-corrected chi connectivity index (χ2v) is 7.91. The number of nitrogens with zero attached hydrogens (tertiary/aromatic N) is 2.